The van der Waals surface area contributed by atoms with Crippen LogP contribution in [-0.4, -0.2) is 44.6 Å². The Morgan fingerprint density at radius 3 is 2.75 bits per heavy atom. The number of anilines is 1. The lowest BCUT2D eigenvalue weighted by Gasteiger charge is -2.31. The van der Waals surface area contributed by atoms with Crippen molar-refractivity contribution in [1.82, 2.24) is 10.2 Å². The van der Waals surface area contributed by atoms with Crippen LogP contribution < -0.4 is 15.8 Å². The first-order chi connectivity index (χ1) is 9.63. The first kappa shape index (κ1) is 14.7. The average Bonchev–Trinajstić information content (AvgIpc) is 2.48. The summed E-state index contributed by atoms with van der Waals surface area (Å²) in [6, 6.07) is 6.02. The van der Waals surface area contributed by atoms with E-state index in [9.17, 15) is 4.79 Å². The maximum Gasteiger partial charge on any atom is 0.233 e. The predicted octanol–water partition coefficient (Wildman–Crippen LogP) is 1.20. The highest BCUT2D eigenvalue weighted by Crippen LogP contribution is 2.32. The average molecular weight is 277 g/mol. The number of hydrogen-bond donors (Lipinski definition) is 2. The number of ether oxygens (including phenoxy) is 1. The van der Waals surface area contributed by atoms with Gasteiger partial charge in [0.25, 0.3) is 0 Å². The minimum Gasteiger partial charge on any atom is -0.495 e. The third kappa shape index (κ3) is 3.42. The number of carbonyl (C=O) groups excluding carboxylic acids is 1. The Bertz CT molecular complexity index is 468. The molecule has 0 spiro atoms. The Balaban J connectivity index is 1.95. The van der Waals surface area contributed by atoms with E-state index in [1.807, 2.05) is 12.1 Å². The monoisotopic (exact) mass is 277 g/mol. The normalized spacial score (nSPS) is 16.9. The highest BCUT2D eigenvalue weighted by atomic mass is 16.5. The summed E-state index contributed by atoms with van der Waals surface area (Å²) >= 11 is 0. The minimum atomic E-state index is 0.0811. The van der Waals surface area contributed by atoms with Crippen LogP contribution in [0.1, 0.15) is 24.3 Å². The van der Waals surface area contributed by atoms with Gasteiger partial charge >= 0.3 is 0 Å². The van der Waals surface area contributed by atoms with Crippen molar-refractivity contribution in [1.29, 1.82) is 0 Å². The van der Waals surface area contributed by atoms with Gasteiger partial charge in [-0.2, -0.15) is 0 Å². The number of nitrogens with two attached hydrogens (primary N) is 1. The second kappa shape index (κ2) is 6.61. The molecule has 0 unspecified atom stereocenters. The van der Waals surface area contributed by atoms with Crippen LogP contribution in [0.4, 0.5) is 5.69 Å². The summed E-state index contributed by atoms with van der Waals surface area (Å²) in [5.41, 5.74) is 7.79. The molecule has 1 aliphatic rings. The molecule has 1 saturated heterocycles. The van der Waals surface area contributed by atoms with Crippen LogP contribution in [0.5, 0.6) is 5.75 Å². The fourth-order valence-corrected chi connectivity index (χ4v) is 2.69. The van der Waals surface area contributed by atoms with Gasteiger partial charge in [-0.05, 0) is 49.5 Å². The molecule has 3 N–H and O–H groups in total. The molecule has 1 aliphatic heterocycles. The number of hydrogen-bond acceptors (Lipinski definition) is 4. The fourth-order valence-electron chi connectivity index (χ4n) is 2.69. The van der Waals surface area contributed by atoms with E-state index in [4.69, 9.17) is 10.5 Å². The maximum absolute atomic E-state index is 11.4. The molecule has 1 amide bonds. The van der Waals surface area contributed by atoms with E-state index in [0.717, 1.165) is 31.7 Å². The number of nitrogen functional groups attached to an aromatic ring is 1. The van der Waals surface area contributed by atoms with Gasteiger partial charge in [0.1, 0.15) is 5.75 Å². The van der Waals surface area contributed by atoms with Gasteiger partial charge in [-0.3, -0.25) is 9.69 Å². The lowest BCUT2D eigenvalue weighted by Crippen LogP contribution is -2.40. The number of piperidine rings is 1. The number of methoxy groups -OCH3 is 1. The third-order valence-electron chi connectivity index (χ3n) is 3.96. The Labute approximate surface area is 120 Å². The van der Waals surface area contributed by atoms with Crippen LogP contribution in [0.25, 0.3) is 0 Å². The SMILES string of the molecule is CNC(=O)CN1CCC(c2ccc(N)c(OC)c2)CC1. The first-order valence-electron chi connectivity index (χ1n) is 7.00. The van der Waals surface area contributed by atoms with Gasteiger partial charge in [-0.25, -0.2) is 0 Å². The third-order valence-corrected chi connectivity index (χ3v) is 3.96. The molecule has 1 aromatic carbocycles. The predicted molar refractivity (Wildman–Crippen MR) is 79.9 cm³/mol. The van der Waals surface area contributed by atoms with E-state index in [1.165, 1.54) is 5.56 Å². The number of benzene rings is 1. The van der Waals surface area contributed by atoms with Crippen LogP contribution in [0, 0.1) is 0 Å². The van der Waals surface area contributed by atoms with Crippen molar-refractivity contribution in [3.63, 3.8) is 0 Å². The minimum absolute atomic E-state index is 0.0811. The van der Waals surface area contributed by atoms with Crippen LogP contribution >= 0.6 is 0 Å². The van der Waals surface area contributed by atoms with Gasteiger partial charge in [0.15, 0.2) is 0 Å². The first-order valence-corrected chi connectivity index (χ1v) is 7.00. The number of amides is 1. The highest BCUT2D eigenvalue weighted by Gasteiger charge is 2.22. The largest absolute Gasteiger partial charge is 0.495 e. The lowest BCUT2D eigenvalue weighted by molar-refractivity contribution is -0.122. The standard InChI is InChI=1S/C15H23N3O2/c1-17-15(19)10-18-7-5-11(6-8-18)12-3-4-13(16)14(9-12)20-2/h3-4,9,11H,5-8,10,16H2,1-2H3,(H,17,19). The Hall–Kier alpha value is -1.75. The second-order valence-corrected chi connectivity index (χ2v) is 5.22. The maximum atomic E-state index is 11.4. The topological polar surface area (TPSA) is 67.6 Å². The molecule has 2 rings (SSSR count). The number of carbonyl (C=O) groups is 1. The van der Waals surface area contributed by atoms with Crippen molar-refractivity contribution in [3.05, 3.63) is 23.8 Å². The van der Waals surface area contributed by atoms with Crippen molar-refractivity contribution in [2.24, 2.45) is 0 Å². The van der Waals surface area contributed by atoms with Gasteiger partial charge in [0, 0.05) is 7.05 Å². The smallest absolute Gasteiger partial charge is 0.233 e. The molecule has 1 aromatic rings. The van der Waals surface area contributed by atoms with Crippen molar-refractivity contribution in [3.8, 4) is 5.75 Å². The molecule has 0 aromatic heterocycles. The molecular formula is C15H23N3O2. The zero-order valence-electron chi connectivity index (χ0n) is 12.2. The van der Waals surface area contributed by atoms with E-state index in [2.05, 4.69) is 16.3 Å². The van der Waals surface area contributed by atoms with Crippen LogP contribution in [0.15, 0.2) is 18.2 Å². The number of likely N-dealkylation sites (tertiary alicyclic amines) is 1. The van der Waals surface area contributed by atoms with Gasteiger partial charge in [0.05, 0.1) is 19.3 Å². The zero-order chi connectivity index (χ0) is 14.5. The molecule has 1 fully saturated rings. The molecule has 0 bridgehead atoms. The molecular weight excluding hydrogens is 254 g/mol. The number of nitrogens with one attached hydrogen (secondary N) is 1. The lowest BCUT2D eigenvalue weighted by atomic mass is 9.89. The molecule has 1 heterocycles. The van der Waals surface area contributed by atoms with Crippen LogP contribution in [0.2, 0.25) is 0 Å². The quantitative estimate of drug-likeness (QED) is 0.812. The number of rotatable bonds is 4. The van der Waals surface area contributed by atoms with Crippen molar-refractivity contribution < 1.29 is 9.53 Å². The zero-order valence-corrected chi connectivity index (χ0v) is 12.2. The molecule has 0 radical (unpaired) electrons. The van der Waals surface area contributed by atoms with E-state index < -0.39 is 0 Å². The summed E-state index contributed by atoms with van der Waals surface area (Å²) < 4.78 is 5.28. The van der Waals surface area contributed by atoms with Crippen molar-refractivity contribution >= 4 is 11.6 Å². The van der Waals surface area contributed by atoms with Gasteiger partial charge < -0.3 is 15.8 Å². The fraction of sp³-hybridized carbons (Fsp3) is 0.533. The molecule has 5 nitrogen and oxygen atoms in total. The van der Waals surface area contributed by atoms with E-state index in [0.29, 0.717) is 18.2 Å². The second-order valence-electron chi connectivity index (χ2n) is 5.22. The summed E-state index contributed by atoms with van der Waals surface area (Å²) in [6.45, 7) is 2.39. The van der Waals surface area contributed by atoms with Crippen molar-refractivity contribution in [2.45, 2.75) is 18.8 Å². The van der Waals surface area contributed by atoms with Crippen LogP contribution in [0.3, 0.4) is 0 Å². The Kier molecular flexibility index (Phi) is 4.84. The summed E-state index contributed by atoms with van der Waals surface area (Å²) in [4.78, 5) is 13.6. The van der Waals surface area contributed by atoms with Gasteiger partial charge in [0.2, 0.25) is 5.91 Å². The number of nitrogens with zero attached hydrogens (tertiary/aromatic N) is 1. The highest BCUT2D eigenvalue weighted by molar-refractivity contribution is 5.77. The van der Waals surface area contributed by atoms with Gasteiger partial charge in [-0.1, -0.05) is 6.07 Å². The molecule has 20 heavy (non-hydrogen) atoms. The molecule has 5 heteroatoms. The van der Waals surface area contributed by atoms with Crippen LogP contribution in [-0.2, 0) is 4.79 Å². The summed E-state index contributed by atoms with van der Waals surface area (Å²) in [6.07, 6.45) is 2.12. The molecule has 110 valence electrons. The Morgan fingerprint density at radius 1 is 1.45 bits per heavy atom. The van der Waals surface area contributed by atoms with E-state index >= 15 is 0 Å². The number of likely N-dealkylation sites (N-methyl/N-ethyl adjacent to an activating group) is 1. The summed E-state index contributed by atoms with van der Waals surface area (Å²) in [5.74, 6) is 1.35. The van der Waals surface area contributed by atoms with E-state index in [1.54, 1.807) is 14.2 Å². The van der Waals surface area contributed by atoms with Gasteiger partial charge in [-0.15, -0.1) is 0 Å². The van der Waals surface area contributed by atoms with Crippen molar-refractivity contribution in [2.75, 3.05) is 39.5 Å². The summed E-state index contributed by atoms with van der Waals surface area (Å²) in [7, 11) is 3.32. The molecule has 0 atom stereocenters. The summed E-state index contributed by atoms with van der Waals surface area (Å²) in [5, 5.41) is 2.67. The van der Waals surface area contributed by atoms with E-state index in [-0.39, 0.29) is 5.91 Å². The Morgan fingerprint density at radius 2 is 2.15 bits per heavy atom. The molecule has 0 saturated carbocycles. The molecule has 0 aliphatic carbocycles.